The summed E-state index contributed by atoms with van der Waals surface area (Å²) in [4.78, 5) is 0. The molecule has 0 aliphatic rings. The zero-order valence-corrected chi connectivity index (χ0v) is 19.5. The maximum Gasteiger partial charge on any atom is 0.122 e. The van der Waals surface area contributed by atoms with Crippen LogP contribution in [0, 0.1) is 6.92 Å². The molecule has 0 aromatic heterocycles. The fraction of sp³-hybridized carbons (Fsp3) is 0.357. The predicted molar refractivity (Wildman–Crippen MR) is 129 cm³/mol. The van der Waals surface area contributed by atoms with Gasteiger partial charge in [-0.05, 0) is 70.9 Å². The first-order valence-corrected chi connectivity index (χ1v) is 11.3. The first kappa shape index (κ1) is 22.4. The van der Waals surface area contributed by atoms with Crippen molar-refractivity contribution in [2.75, 3.05) is 0 Å². The predicted octanol–water partition coefficient (Wildman–Crippen LogP) is 8.17. The molecule has 30 heavy (non-hydrogen) atoms. The summed E-state index contributed by atoms with van der Waals surface area (Å²) in [5.74, 6) is 1.36. The highest BCUT2D eigenvalue weighted by Crippen LogP contribution is 2.36. The van der Waals surface area contributed by atoms with Gasteiger partial charge in [-0.3, -0.25) is 0 Å². The van der Waals surface area contributed by atoms with Crippen molar-refractivity contribution in [2.45, 2.75) is 65.2 Å². The van der Waals surface area contributed by atoms with Crippen LogP contribution in [0.4, 0.5) is 0 Å². The van der Waals surface area contributed by atoms with Gasteiger partial charge in [-0.15, -0.1) is 0 Å². The smallest absolute Gasteiger partial charge is 0.122 e. The van der Waals surface area contributed by atoms with Gasteiger partial charge in [0.25, 0.3) is 0 Å². The van der Waals surface area contributed by atoms with Crippen LogP contribution in [0.2, 0.25) is 5.02 Å². The van der Waals surface area contributed by atoms with E-state index in [-0.39, 0.29) is 5.92 Å². The van der Waals surface area contributed by atoms with Crippen molar-refractivity contribution < 1.29 is 5.11 Å². The van der Waals surface area contributed by atoms with Gasteiger partial charge in [0.1, 0.15) is 5.75 Å². The lowest BCUT2D eigenvalue weighted by Gasteiger charge is -2.20. The lowest BCUT2D eigenvalue weighted by molar-refractivity contribution is 0.455. The highest BCUT2D eigenvalue weighted by atomic mass is 35.5. The largest absolute Gasteiger partial charge is 0.507 e. The molecule has 0 aliphatic heterocycles. The number of para-hydroxylation sites is 1. The second-order valence-electron chi connectivity index (χ2n) is 8.90. The third kappa shape index (κ3) is 4.90. The van der Waals surface area contributed by atoms with Crippen molar-refractivity contribution >= 4 is 11.6 Å². The Morgan fingerprint density at radius 1 is 0.700 bits per heavy atom. The molecule has 0 fully saturated rings. The van der Waals surface area contributed by atoms with Gasteiger partial charge in [0, 0.05) is 5.02 Å². The van der Waals surface area contributed by atoms with Crippen molar-refractivity contribution in [1.82, 2.24) is 0 Å². The third-order valence-corrected chi connectivity index (χ3v) is 6.64. The van der Waals surface area contributed by atoms with Crippen LogP contribution in [0.5, 0.6) is 5.75 Å². The Labute approximate surface area is 186 Å². The summed E-state index contributed by atoms with van der Waals surface area (Å²) in [5, 5.41) is 11.6. The number of rotatable bonds is 7. The van der Waals surface area contributed by atoms with E-state index in [0.717, 1.165) is 34.6 Å². The summed E-state index contributed by atoms with van der Waals surface area (Å²) in [7, 11) is 0. The molecule has 0 aliphatic carbocycles. The van der Waals surface area contributed by atoms with E-state index < -0.39 is 0 Å². The van der Waals surface area contributed by atoms with Gasteiger partial charge < -0.3 is 5.11 Å². The molecule has 0 heterocycles. The van der Waals surface area contributed by atoms with E-state index in [4.69, 9.17) is 11.6 Å². The maximum absolute atomic E-state index is 10.7. The number of halogens is 1. The van der Waals surface area contributed by atoms with E-state index >= 15 is 0 Å². The number of benzene rings is 3. The maximum atomic E-state index is 10.7. The van der Waals surface area contributed by atoms with Crippen molar-refractivity contribution in [2.24, 2.45) is 0 Å². The molecule has 3 rings (SSSR count). The number of hydrogen-bond acceptors (Lipinski definition) is 1. The van der Waals surface area contributed by atoms with E-state index in [0.29, 0.717) is 17.6 Å². The summed E-state index contributed by atoms with van der Waals surface area (Å²) in [6, 6.07) is 21.0. The lowest BCUT2D eigenvalue weighted by Crippen LogP contribution is -2.05. The van der Waals surface area contributed by atoms with E-state index in [9.17, 15) is 5.11 Å². The van der Waals surface area contributed by atoms with Gasteiger partial charge in [0.15, 0.2) is 0 Å². The second kappa shape index (κ2) is 9.71. The number of phenols is 1. The molecule has 2 unspecified atom stereocenters. The minimum absolute atomic E-state index is 0.222. The van der Waals surface area contributed by atoms with Gasteiger partial charge >= 0.3 is 0 Å². The molecule has 0 saturated heterocycles. The van der Waals surface area contributed by atoms with Crippen LogP contribution in [0.25, 0.3) is 0 Å². The van der Waals surface area contributed by atoms with Gasteiger partial charge in [-0.1, -0.05) is 100.0 Å². The Morgan fingerprint density at radius 2 is 1.23 bits per heavy atom. The molecule has 158 valence electrons. The summed E-state index contributed by atoms with van der Waals surface area (Å²) in [5.41, 5.74) is 7.04. The fourth-order valence-corrected chi connectivity index (χ4v) is 4.79. The normalized spacial score (nSPS) is 13.4. The lowest BCUT2D eigenvalue weighted by atomic mass is 9.87. The fourth-order valence-electron chi connectivity index (χ4n) is 4.40. The summed E-state index contributed by atoms with van der Waals surface area (Å²) in [6.45, 7) is 10.8. The van der Waals surface area contributed by atoms with Crippen molar-refractivity contribution in [3.05, 3.63) is 99.1 Å². The standard InChI is InChI=1S/C28H33ClO/c1-18(2)24-14-9-12-23(28(24)30)17-21(5)26-15-8-11-22(27(26)29)16-20(4)25-13-7-6-10-19(25)3/h6-15,18,20-21,30H,16-17H2,1-5H3. The molecular formula is C28H33ClO. The van der Waals surface area contributed by atoms with Gasteiger partial charge in [0.2, 0.25) is 0 Å². The molecule has 0 bridgehead atoms. The van der Waals surface area contributed by atoms with Crippen LogP contribution in [-0.2, 0) is 12.8 Å². The minimum atomic E-state index is 0.222. The zero-order chi connectivity index (χ0) is 21.8. The third-order valence-electron chi connectivity index (χ3n) is 6.18. The molecule has 1 nitrogen and oxygen atoms in total. The molecule has 2 heteroatoms. The Hall–Kier alpha value is -2.25. The Morgan fingerprint density at radius 3 is 1.90 bits per heavy atom. The first-order valence-electron chi connectivity index (χ1n) is 10.9. The summed E-state index contributed by atoms with van der Waals surface area (Å²) < 4.78 is 0. The molecule has 3 aromatic rings. The van der Waals surface area contributed by atoms with Crippen molar-refractivity contribution in [3.63, 3.8) is 0 Å². The van der Waals surface area contributed by atoms with Crippen molar-refractivity contribution in [3.8, 4) is 5.75 Å². The molecule has 0 amide bonds. The average Bonchev–Trinajstić information content (AvgIpc) is 2.71. The molecule has 3 aromatic carbocycles. The van der Waals surface area contributed by atoms with Crippen LogP contribution < -0.4 is 0 Å². The molecule has 0 saturated carbocycles. The van der Waals surface area contributed by atoms with E-state index in [1.165, 1.54) is 16.7 Å². The topological polar surface area (TPSA) is 20.2 Å². The van der Waals surface area contributed by atoms with Crippen molar-refractivity contribution in [1.29, 1.82) is 0 Å². The Kier molecular flexibility index (Phi) is 7.26. The number of phenolic OH excluding ortho intramolecular Hbond substituents is 1. The molecular weight excluding hydrogens is 388 g/mol. The summed E-state index contributed by atoms with van der Waals surface area (Å²) >= 11 is 6.90. The van der Waals surface area contributed by atoms with Crippen LogP contribution in [0.15, 0.2) is 60.7 Å². The molecule has 0 spiro atoms. The molecule has 0 radical (unpaired) electrons. The summed E-state index contributed by atoms with van der Waals surface area (Å²) in [6.07, 6.45) is 1.68. The minimum Gasteiger partial charge on any atom is -0.507 e. The van der Waals surface area contributed by atoms with Crippen LogP contribution >= 0.6 is 11.6 Å². The monoisotopic (exact) mass is 420 g/mol. The number of aromatic hydroxyl groups is 1. The van der Waals surface area contributed by atoms with Gasteiger partial charge in [-0.2, -0.15) is 0 Å². The zero-order valence-electron chi connectivity index (χ0n) is 18.7. The van der Waals surface area contributed by atoms with E-state index in [2.05, 4.69) is 77.1 Å². The van der Waals surface area contributed by atoms with E-state index in [1.54, 1.807) is 0 Å². The molecule has 1 N–H and O–H groups in total. The number of hydrogen-bond donors (Lipinski definition) is 1. The van der Waals surface area contributed by atoms with Crippen LogP contribution in [0.1, 0.15) is 78.8 Å². The highest BCUT2D eigenvalue weighted by Gasteiger charge is 2.18. The first-order chi connectivity index (χ1) is 14.3. The van der Waals surface area contributed by atoms with Crippen LogP contribution in [-0.4, -0.2) is 5.11 Å². The number of aryl methyl sites for hydroxylation is 1. The van der Waals surface area contributed by atoms with Crippen LogP contribution in [0.3, 0.4) is 0 Å². The van der Waals surface area contributed by atoms with E-state index in [1.807, 2.05) is 18.2 Å². The Balaban J connectivity index is 1.83. The second-order valence-corrected chi connectivity index (χ2v) is 9.27. The average molecular weight is 421 g/mol. The Bertz CT molecular complexity index is 1010. The quantitative estimate of drug-likeness (QED) is 0.408. The molecule has 2 atom stereocenters. The highest BCUT2D eigenvalue weighted by molar-refractivity contribution is 6.32. The SMILES string of the molecule is Cc1ccccc1C(C)Cc1cccc(C(C)Cc2cccc(C(C)C)c2O)c1Cl. The van der Waals surface area contributed by atoms with Gasteiger partial charge in [0.05, 0.1) is 0 Å². The van der Waals surface area contributed by atoms with Gasteiger partial charge in [-0.25, -0.2) is 0 Å².